The second-order valence-corrected chi connectivity index (χ2v) is 13.6. The number of methoxy groups -OCH3 is 2. The van der Waals surface area contributed by atoms with Gasteiger partial charge in [0.15, 0.2) is 0 Å². The lowest BCUT2D eigenvalue weighted by molar-refractivity contribution is -0.143. The number of rotatable bonds is 5. The standard InChI is InChI=1S/C16H18N2O5.C11H10N2O4.C5H9ClO/c1-16(2,3)15(20)22-13-11-9(14(19)21-4)7-10(8-5-6-8)17-12(11)23-18-13;1-16-11(15)6-4-7(5-2-3-5)12-10-8(6)9(14)13-17-10;1-5(2,3)4(6)7/h7-8H,5-6H2,1-4H3;4-5H,2-3H2,1H3,(H,13,14);1-3H3. The summed E-state index contributed by atoms with van der Waals surface area (Å²) < 4.78 is 24.9. The highest BCUT2D eigenvalue weighted by Gasteiger charge is 2.32. The third-order valence-corrected chi connectivity index (χ3v) is 7.67. The van der Waals surface area contributed by atoms with E-state index >= 15 is 0 Å². The third kappa shape index (κ3) is 8.42. The van der Waals surface area contributed by atoms with Crippen LogP contribution in [0.5, 0.6) is 5.88 Å². The van der Waals surface area contributed by atoms with E-state index in [4.69, 9.17) is 30.1 Å². The number of nitrogens with one attached hydrogen (secondary N) is 1. The molecule has 2 aliphatic carbocycles. The van der Waals surface area contributed by atoms with E-state index in [9.17, 15) is 24.0 Å². The van der Waals surface area contributed by atoms with Gasteiger partial charge < -0.3 is 23.3 Å². The van der Waals surface area contributed by atoms with Crippen LogP contribution in [0.4, 0.5) is 0 Å². The second kappa shape index (κ2) is 13.6. The average molecular weight is 673 g/mol. The van der Waals surface area contributed by atoms with E-state index < -0.39 is 28.9 Å². The minimum Gasteiger partial charge on any atom is -0.465 e. The zero-order chi connectivity index (χ0) is 34.8. The second-order valence-electron chi connectivity index (χ2n) is 13.3. The van der Waals surface area contributed by atoms with Crippen molar-refractivity contribution in [2.45, 2.75) is 79.1 Å². The molecule has 1 N–H and O–H groups in total. The summed E-state index contributed by atoms with van der Waals surface area (Å²) in [6.45, 7) is 10.5. The Hall–Kier alpha value is -4.59. The number of esters is 3. The van der Waals surface area contributed by atoms with E-state index in [2.05, 4.69) is 25.0 Å². The molecule has 47 heavy (non-hydrogen) atoms. The molecule has 2 saturated carbocycles. The number of nitrogens with zero attached hydrogens (tertiary/aromatic N) is 3. The summed E-state index contributed by atoms with van der Waals surface area (Å²) in [6.07, 6.45) is 4.15. The van der Waals surface area contributed by atoms with Gasteiger partial charge in [0.1, 0.15) is 10.8 Å². The van der Waals surface area contributed by atoms with Crippen LogP contribution in [0.25, 0.3) is 22.2 Å². The molecule has 0 aliphatic heterocycles. The fourth-order valence-corrected chi connectivity index (χ4v) is 3.95. The van der Waals surface area contributed by atoms with Crippen molar-refractivity contribution in [1.82, 2.24) is 20.3 Å². The Balaban J connectivity index is 0.000000182. The van der Waals surface area contributed by atoms with Gasteiger partial charge in [-0.15, -0.1) is 0 Å². The fourth-order valence-electron chi connectivity index (χ4n) is 3.95. The van der Waals surface area contributed by atoms with Crippen molar-refractivity contribution in [1.29, 1.82) is 0 Å². The molecule has 252 valence electrons. The van der Waals surface area contributed by atoms with Gasteiger partial charge in [0.05, 0.1) is 30.8 Å². The maximum atomic E-state index is 12.1. The van der Waals surface area contributed by atoms with E-state index in [1.165, 1.54) is 14.2 Å². The van der Waals surface area contributed by atoms with Crippen molar-refractivity contribution in [2.75, 3.05) is 14.2 Å². The topological polar surface area (TPSA) is 194 Å². The molecular formula is C32H37ClN4O10. The number of ether oxygens (including phenoxy) is 3. The maximum absolute atomic E-state index is 12.1. The monoisotopic (exact) mass is 672 g/mol. The molecule has 15 heteroatoms. The van der Waals surface area contributed by atoms with Crippen LogP contribution in [0.15, 0.2) is 26.0 Å². The normalized spacial score (nSPS) is 14.4. The van der Waals surface area contributed by atoms with Gasteiger partial charge in [-0.05, 0) is 75.3 Å². The van der Waals surface area contributed by atoms with Crippen molar-refractivity contribution in [3.8, 4) is 5.88 Å². The molecule has 2 fully saturated rings. The molecule has 0 bridgehead atoms. The number of H-pyrrole nitrogens is 1. The molecule has 2 aliphatic rings. The number of aromatic amines is 1. The van der Waals surface area contributed by atoms with Crippen molar-refractivity contribution >= 4 is 57.0 Å². The molecule has 0 saturated heterocycles. The smallest absolute Gasteiger partial charge is 0.338 e. The molecule has 4 aromatic heterocycles. The lowest BCUT2D eigenvalue weighted by Crippen LogP contribution is -2.25. The lowest BCUT2D eigenvalue weighted by Gasteiger charge is -2.14. The van der Waals surface area contributed by atoms with Gasteiger partial charge >= 0.3 is 17.9 Å². The predicted molar refractivity (Wildman–Crippen MR) is 168 cm³/mol. The largest absolute Gasteiger partial charge is 0.465 e. The number of pyridine rings is 2. The van der Waals surface area contributed by atoms with Gasteiger partial charge in [0.2, 0.25) is 5.24 Å². The number of carbonyl (C=O) groups is 4. The van der Waals surface area contributed by atoms with Crippen LogP contribution in [0.3, 0.4) is 0 Å². The van der Waals surface area contributed by atoms with Crippen LogP contribution in [-0.4, -0.2) is 57.7 Å². The molecule has 6 rings (SSSR count). The molecule has 0 unspecified atom stereocenters. The quantitative estimate of drug-likeness (QED) is 0.197. The zero-order valence-corrected chi connectivity index (χ0v) is 28.2. The Morgan fingerprint density at radius 3 is 1.70 bits per heavy atom. The molecule has 0 amide bonds. The van der Waals surface area contributed by atoms with Gasteiger partial charge in [-0.1, -0.05) is 20.8 Å². The van der Waals surface area contributed by atoms with Gasteiger partial charge in [-0.25, -0.2) is 19.6 Å². The van der Waals surface area contributed by atoms with Gasteiger partial charge in [-0.2, -0.15) is 5.16 Å². The summed E-state index contributed by atoms with van der Waals surface area (Å²) in [7, 11) is 2.57. The SMILES string of the molecule is CC(C)(C)C(=O)Cl.COC(=O)c1cc(C2CC2)nc2o[nH]c(=O)c12.COC(=O)c1cc(C2CC2)nc2onc(OC(=O)C(C)(C)C)c12. The van der Waals surface area contributed by atoms with Gasteiger partial charge in [-0.3, -0.25) is 14.4 Å². The van der Waals surface area contributed by atoms with Crippen LogP contribution >= 0.6 is 11.6 Å². The highest BCUT2D eigenvalue weighted by atomic mass is 35.5. The molecule has 4 aromatic rings. The van der Waals surface area contributed by atoms with E-state index in [1.54, 1.807) is 53.7 Å². The van der Waals surface area contributed by atoms with E-state index in [-0.39, 0.29) is 49.9 Å². The Labute approximate surface area is 274 Å². The van der Waals surface area contributed by atoms with E-state index in [0.29, 0.717) is 11.8 Å². The maximum Gasteiger partial charge on any atom is 0.338 e. The van der Waals surface area contributed by atoms with Crippen molar-refractivity contribution < 1.29 is 42.4 Å². The molecular weight excluding hydrogens is 636 g/mol. The predicted octanol–water partition coefficient (Wildman–Crippen LogP) is 5.82. The molecule has 0 spiro atoms. The molecule has 0 radical (unpaired) electrons. The number of halogens is 1. The minimum atomic E-state index is -0.710. The Bertz CT molecular complexity index is 1890. The summed E-state index contributed by atoms with van der Waals surface area (Å²) >= 11 is 5.11. The third-order valence-electron chi connectivity index (χ3n) is 7.10. The molecule has 0 atom stereocenters. The van der Waals surface area contributed by atoms with Crippen LogP contribution in [-0.2, 0) is 19.1 Å². The van der Waals surface area contributed by atoms with Gasteiger partial charge in [0, 0.05) is 28.6 Å². The lowest BCUT2D eigenvalue weighted by atomic mass is 9.97. The Kier molecular flexibility index (Phi) is 10.2. The molecule has 4 heterocycles. The Morgan fingerprint density at radius 2 is 1.28 bits per heavy atom. The highest BCUT2D eigenvalue weighted by Crippen LogP contribution is 2.42. The van der Waals surface area contributed by atoms with E-state index in [0.717, 1.165) is 37.1 Å². The van der Waals surface area contributed by atoms with E-state index in [1.807, 2.05) is 0 Å². The van der Waals surface area contributed by atoms with Crippen molar-refractivity contribution in [2.24, 2.45) is 10.8 Å². The summed E-state index contributed by atoms with van der Waals surface area (Å²) in [5.41, 5.74) is 0.802. The van der Waals surface area contributed by atoms with Crippen molar-refractivity contribution in [3.63, 3.8) is 0 Å². The summed E-state index contributed by atoms with van der Waals surface area (Å²) in [4.78, 5) is 66.2. The van der Waals surface area contributed by atoms with Crippen LogP contribution in [0, 0.1) is 10.8 Å². The van der Waals surface area contributed by atoms with Crippen LogP contribution < -0.4 is 10.3 Å². The summed E-state index contributed by atoms with van der Waals surface area (Å²) in [5.74, 6) is -0.941. The first-order chi connectivity index (χ1) is 22.0. The Morgan fingerprint density at radius 1 is 0.809 bits per heavy atom. The fraction of sp³-hybridized carbons (Fsp3) is 0.500. The number of carbonyl (C=O) groups excluding carboxylic acids is 4. The van der Waals surface area contributed by atoms with Crippen LogP contribution in [0.2, 0.25) is 0 Å². The number of hydrogen-bond acceptors (Lipinski definition) is 13. The number of hydrogen-bond donors (Lipinski definition) is 1. The van der Waals surface area contributed by atoms with Crippen molar-refractivity contribution in [3.05, 3.63) is 45.0 Å². The van der Waals surface area contributed by atoms with Crippen LogP contribution in [0.1, 0.15) is 111 Å². The zero-order valence-electron chi connectivity index (χ0n) is 27.4. The first-order valence-electron chi connectivity index (χ1n) is 14.9. The summed E-state index contributed by atoms with van der Waals surface area (Å²) in [5, 5.41) is 6.07. The summed E-state index contributed by atoms with van der Waals surface area (Å²) in [6, 6.07) is 3.29. The highest BCUT2D eigenvalue weighted by molar-refractivity contribution is 6.64. The first-order valence-corrected chi connectivity index (χ1v) is 15.2. The first kappa shape index (κ1) is 35.3. The molecule has 14 nitrogen and oxygen atoms in total. The average Bonchev–Trinajstić information content (AvgIpc) is 3.95. The number of fused-ring (bicyclic) bond motifs is 2. The van der Waals surface area contributed by atoms with Gasteiger partial charge in [0.25, 0.3) is 22.9 Å². The number of aromatic nitrogens is 4. The molecule has 0 aromatic carbocycles. The minimum absolute atomic E-state index is 0.0600.